The van der Waals surface area contributed by atoms with Crippen molar-refractivity contribution in [3.63, 3.8) is 0 Å². The minimum atomic E-state index is -0.397. The fraction of sp³-hybridized carbons (Fsp3) is 0.926. The quantitative estimate of drug-likeness (QED) is 0.364. The number of nitro groups is 1. The number of allylic oxidation sites excluding steroid dienone is 1. The molecule has 0 amide bonds. The van der Waals surface area contributed by atoms with Gasteiger partial charge in [-0.25, -0.2) is 0 Å². The van der Waals surface area contributed by atoms with Crippen LogP contribution in [0.1, 0.15) is 105 Å². The van der Waals surface area contributed by atoms with Crippen LogP contribution in [-0.2, 0) is 0 Å². The highest BCUT2D eigenvalue weighted by Crippen LogP contribution is 2.68. The Labute approximate surface area is 189 Å². The first-order valence-corrected chi connectivity index (χ1v) is 13.1. The summed E-state index contributed by atoms with van der Waals surface area (Å²) in [5, 5.41) is 22.4. The average molecular weight is 432 g/mol. The second-order valence-corrected chi connectivity index (χ2v) is 12.6. The molecule has 4 aliphatic rings. The summed E-state index contributed by atoms with van der Waals surface area (Å²) >= 11 is 0. The highest BCUT2D eigenvalue weighted by molar-refractivity contribution is 5.28. The smallest absolute Gasteiger partial charge is 0.246 e. The monoisotopic (exact) mass is 431 g/mol. The minimum absolute atomic E-state index is 0.0765. The van der Waals surface area contributed by atoms with Crippen molar-refractivity contribution in [2.24, 2.45) is 46.3 Å². The van der Waals surface area contributed by atoms with Crippen molar-refractivity contribution in [3.05, 3.63) is 21.4 Å². The molecule has 31 heavy (non-hydrogen) atoms. The number of nitrogens with zero attached hydrogens (tertiary/aromatic N) is 1. The molecule has 0 aromatic carbocycles. The zero-order valence-electron chi connectivity index (χ0n) is 20.5. The van der Waals surface area contributed by atoms with E-state index in [4.69, 9.17) is 0 Å². The first-order chi connectivity index (χ1) is 14.6. The SMILES string of the molecule is CC(C)CCC[C@@H](C)[C@H]1CC[C@H]2[C@@H]3CC([N+](=O)[O-])=C4CC(O)CC[C@]4(C)[C@H]3CC[C@]12C. The zero-order chi connectivity index (χ0) is 22.6. The second kappa shape index (κ2) is 8.47. The number of hydrogen-bond acceptors (Lipinski definition) is 3. The summed E-state index contributed by atoms with van der Waals surface area (Å²) in [6.45, 7) is 12.0. The van der Waals surface area contributed by atoms with Crippen molar-refractivity contribution < 1.29 is 10.0 Å². The van der Waals surface area contributed by atoms with Crippen molar-refractivity contribution in [1.29, 1.82) is 0 Å². The van der Waals surface area contributed by atoms with Gasteiger partial charge in [-0.3, -0.25) is 10.1 Å². The van der Waals surface area contributed by atoms with Gasteiger partial charge < -0.3 is 5.11 Å². The third kappa shape index (κ3) is 3.89. The largest absolute Gasteiger partial charge is 0.393 e. The fourth-order valence-corrected chi connectivity index (χ4v) is 8.96. The number of fused-ring (bicyclic) bond motifs is 5. The molecule has 8 atom stereocenters. The van der Waals surface area contributed by atoms with Gasteiger partial charge in [0.1, 0.15) is 0 Å². The molecular formula is C27H45NO3. The van der Waals surface area contributed by atoms with E-state index in [0.717, 1.165) is 36.2 Å². The van der Waals surface area contributed by atoms with Crippen molar-refractivity contribution in [3.8, 4) is 0 Å². The first kappa shape index (κ1) is 23.3. The number of aliphatic hydroxyl groups excluding tert-OH is 1. The molecule has 0 aromatic heterocycles. The van der Waals surface area contributed by atoms with Crippen LogP contribution in [-0.4, -0.2) is 16.1 Å². The maximum Gasteiger partial charge on any atom is 0.246 e. The molecule has 4 rings (SSSR count). The summed E-state index contributed by atoms with van der Waals surface area (Å²) in [7, 11) is 0. The van der Waals surface area contributed by atoms with E-state index in [0.29, 0.717) is 41.7 Å². The molecule has 1 unspecified atom stereocenters. The van der Waals surface area contributed by atoms with E-state index in [1.165, 1.54) is 44.9 Å². The molecule has 0 aromatic rings. The van der Waals surface area contributed by atoms with Gasteiger partial charge in [-0.1, -0.05) is 53.9 Å². The highest BCUT2D eigenvalue weighted by Gasteiger charge is 2.61. The predicted octanol–water partition coefficient (Wildman–Crippen LogP) is 6.99. The van der Waals surface area contributed by atoms with Gasteiger partial charge in [0.05, 0.1) is 11.0 Å². The summed E-state index contributed by atoms with van der Waals surface area (Å²) in [6.07, 6.45) is 11.5. The van der Waals surface area contributed by atoms with Crippen molar-refractivity contribution in [1.82, 2.24) is 0 Å². The lowest BCUT2D eigenvalue weighted by Crippen LogP contribution is -2.52. The average Bonchev–Trinajstić information content (AvgIpc) is 3.05. The molecule has 1 N–H and O–H groups in total. The summed E-state index contributed by atoms with van der Waals surface area (Å²) in [5.41, 5.74) is 1.74. The lowest BCUT2D eigenvalue weighted by atomic mass is 9.46. The van der Waals surface area contributed by atoms with Gasteiger partial charge in [-0.2, -0.15) is 0 Å². The third-order valence-electron chi connectivity index (χ3n) is 10.6. The van der Waals surface area contributed by atoms with Gasteiger partial charge in [0, 0.05) is 18.4 Å². The van der Waals surface area contributed by atoms with Gasteiger partial charge in [0.25, 0.3) is 0 Å². The predicted molar refractivity (Wildman–Crippen MR) is 125 cm³/mol. The summed E-state index contributed by atoms with van der Waals surface area (Å²) in [6, 6.07) is 0. The summed E-state index contributed by atoms with van der Waals surface area (Å²) in [4.78, 5) is 12.0. The maximum atomic E-state index is 12.1. The molecule has 0 spiro atoms. The van der Waals surface area contributed by atoms with Crippen LogP contribution in [0.2, 0.25) is 0 Å². The Hall–Kier alpha value is -0.900. The molecule has 3 saturated carbocycles. The standard InChI is InChI=1S/C27H45NO3/c1-17(2)7-6-8-18(3)21-9-10-22-20-16-25(28(30)31)24-15-19(29)11-13-27(24,5)23(20)12-14-26(21,22)4/h17-23,29H,6-16H2,1-5H3/t18-,19?,20+,21-,22+,23+,26-,27-/m1/s1. The lowest BCUT2D eigenvalue weighted by molar-refractivity contribution is -0.434. The normalized spacial score (nSPS) is 43.4. The number of aliphatic hydroxyl groups is 1. The summed E-state index contributed by atoms with van der Waals surface area (Å²) < 4.78 is 0. The van der Waals surface area contributed by atoms with Gasteiger partial charge in [-0.05, 0) is 84.9 Å². The van der Waals surface area contributed by atoms with Crippen LogP contribution in [0, 0.1) is 56.5 Å². The molecular weight excluding hydrogens is 386 g/mol. The van der Waals surface area contributed by atoms with Gasteiger partial charge >= 0.3 is 0 Å². The minimum Gasteiger partial charge on any atom is -0.393 e. The van der Waals surface area contributed by atoms with E-state index in [1.54, 1.807) is 0 Å². The van der Waals surface area contributed by atoms with Crippen LogP contribution in [0.3, 0.4) is 0 Å². The molecule has 4 nitrogen and oxygen atoms in total. The van der Waals surface area contributed by atoms with Gasteiger partial charge in [0.2, 0.25) is 5.70 Å². The molecule has 0 heterocycles. The Morgan fingerprint density at radius 2 is 1.77 bits per heavy atom. The van der Waals surface area contributed by atoms with Crippen LogP contribution < -0.4 is 0 Å². The highest BCUT2D eigenvalue weighted by atomic mass is 16.6. The first-order valence-electron chi connectivity index (χ1n) is 13.1. The molecule has 4 aliphatic carbocycles. The molecule has 0 bridgehead atoms. The van der Waals surface area contributed by atoms with Gasteiger partial charge in [0.15, 0.2) is 0 Å². The molecule has 0 aliphatic heterocycles. The molecule has 176 valence electrons. The Morgan fingerprint density at radius 1 is 1.03 bits per heavy atom. The van der Waals surface area contributed by atoms with E-state index in [-0.39, 0.29) is 10.3 Å². The Kier molecular flexibility index (Phi) is 6.35. The van der Waals surface area contributed by atoms with Crippen LogP contribution in [0.15, 0.2) is 11.3 Å². The Balaban J connectivity index is 1.59. The maximum absolute atomic E-state index is 12.1. The van der Waals surface area contributed by atoms with Crippen molar-refractivity contribution >= 4 is 0 Å². The van der Waals surface area contributed by atoms with Gasteiger partial charge in [-0.15, -0.1) is 0 Å². The fourth-order valence-electron chi connectivity index (χ4n) is 8.96. The Morgan fingerprint density at radius 3 is 2.45 bits per heavy atom. The molecule has 0 saturated heterocycles. The lowest BCUT2D eigenvalue weighted by Gasteiger charge is -2.58. The second-order valence-electron chi connectivity index (χ2n) is 12.6. The number of hydrogen-bond donors (Lipinski definition) is 1. The zero-order valence-corrected chi connectivity index (χ0v) is 20.5. The van der Waals surface area contributed by atoms with E-state index in [1.807, 2.05) is 0 Å². The molecule has 3 fully saturated rings. The third-order valence-corrected chi connectivity index (χ3v) is 10.6. The van der Waals surface area contributed by atoms with Crippen LogP contribution in [0.25, 0.3) is 0 Å². The van der Waals surface area contributed by atoms with Crippen LogP contribution in [0.4, 0.5) is 0 Å². The topological polar surface area (TPSA) is 63.4 Å². The van der Waals surface area contributed by atoms with E-state index >= 15 is 0 Å². The van der Waals surface area contributed by atoms with E-state index in [9.17, 15) is 15.2 Å². The molecule has 4 heteroatoms. The summed E-state index contributed by atoms with van der Waals surface area (Å²) in [5.74, 6) is 3.96. The van der Waals surface area contributed by atoms with Crippen molar-refractivity contribution in [2.75, 3.05) is 0 Å². The number of rotatable bonds is 6. The van der Waals surface area contributed by atoms with Crippen LogP contribution in [0.5, 0.6) is 0 Å². The van der Waals surface area contributed by atoms with Crippen molar-refractivity contribution in [2.45, 2.75) is 111 Å². The van der Waals surface area contributed by atoms with Crippen LogP contribution >= 0.6 is 0 Å². The Bertz CT molecular complexity index is 730. The van der Waals surface area contributed by atoms with E-state index < -0.39 is 6.10 Å². The molecule has 0 radical (unpaired) electrons. The van der Waals surface area contributed by atoms with E-state index in [2.05, 4.69) is 34.6 Å².